The number of alkyl halides is 1. The van der Waals surface area contributed by atoms with Crippen LogP contribution in [-0.2, 0) is 4.79 Å². The van der Waals surface area contributed by atoms with Crippen LogP contribution in [0, 0.1) is 0 Å². The van der Waals surface area contributed by atoms with Gasteiger partial charge in [-0.15, -0.1) is 11.6 Å². The second-order valence-corrected chi connectivity index (χ2v) is 2.60. The number of carbonyl (C=O) groups is 1. The molecule has 1 amide bonds. The Morgan fingerprint density at radius 1 is 1.45 bits per heavy atom. The van der Waals surface area contributed by atoms with Gasteiger partial charge in [-0.2, -0.15) is 0 Å². The predicted molar refractivity (Wildman–Crippen MR) is 44.7 cm³/mol. The molecule has 0 aromatic heterocycles. The minimum atomic E-state index is 0.0131. The van der Waals surface area contributed by atoms with Crippen LogP contribution in [0.2, 0.25) is 0 Å². The molecule has 0 atom stereocenters. The highest BCUT2D eigenvalue weighted by molar-refractivity contribution is 6.17. The zero-order chi connectivity index (χ0) is 8.53. The van der Waals surface area contributed by atoms with E-state index in [1.807, 2.05) is 0 Å². The van der Waals surface area contributed by atoms with Crippen molar-refractivity contribution in [3.63, 3.8) is 0 Å². The van der Waals surface area contributed by atoms with E-state index in [9.17, 15) is 4.79 Å². The fourth-order valence-corrected chi connectivity index (χ4v) is 0.756. The summed E-state index contributed by atoms with van der Waals surface area (Å²) in [7, 11) is 0. The van der Waals surface area contributed by atoms with Crippen molar-refractivity contribution in [2.75, 3.05) is 19.0 Å². The molecule has 0 radical (unpaired) electrons. The molecule has 0 rings (SSSR count). The van der Waals surface area contributed by atoms with Gasteiger partial charge in [0.1, 0.15) is 0 Å². The highest BCUT2D eigenvalue weighted by atomic mass is 35.5. The van der Waals surface area contributed by atoms with Crippen molar-refractivity contribution in [3.05, 3.63) is 0 Å². The maximum Gasteiger partial charge on any atom is 0.220 e. The van der Waals surface area contributed by atoms with E-state index in [0.29, 0.717) is 31.7 Å². The maximum absolute atomic E-state index is 10.8. The third kappa shape index (κ3) is 7.62. The standard InChI is InChI=1S/C7H14ClNO2/c8-4-1-3-7(11)9-5-2-6-10/h10H,1-6H2,(H,9,11). The first-order chi connectivity index (χ1) is 5.31. The van der Waals surface area contributed by atoms with E-state index in [2.05, 4.69) is 5.32 Å². The summed E-state index contributed by atoms with van der Waals surface area (Å²) in [6.07, 6.45) is 1.81. The van der Waals surface area contributed by atoms with Crippen molar-refractivity contribution in [3.8, 4) is 0 Å². The molecule has 0 bridgehead atoms. The van der Waals surface area contributed by atoms with E-state index in [4.69, 9.17) is 16.7 Å². The molecule has 0 aromatic rings. The second kappa shape index (κ2) is 7.82. The molecule has 0 saturated carbocycles. The van der Waals surface area contributed by atoms with Gasteiger partial charge in [0.05, 0.1) is 0 Å². The highest BCUT2D eigenvalue weighted by Gasteiger charge is 1.97. The molecule has 0 aliphatic heterocycles. The Kier molecular flexibility index (Phi) is 7.62. The fourth-order valence-electron chi connectivity index (χ4n) is 0.623. The topological polar surface area (TPSA) is 49.3 Å². The van der Waals surface area contributed by atoms with Crippen LogP contribution >= 0.6 is 11.6 Å². The Labute approximate surface area is 71.7 Å². The molecule has 0 spiro atoms. The van der Waals surface area contributed by atoms with E-state index >= 15 is 0 Å². The molecule has 0 fully saturated rings. The van der Waals surface area contributed by atoms with E-state index in [0.717, 1.165) is 0 Å². The molecular weight excluding hydrogens is 166 g/mol. The van der Waals surface area contributed by atoms with E-state index in [-0.39, 0.29) is 12.5 Å². The summed E-state index contributed by atoms with van der Waals surface area (Å²) in [6.45, 7) is 0.674. The molecule has 66 valence electrons. The van der Waals surface area contributed by atoms with E-state index in [1.165, 1.54) is 0 Å². The molecule has 0 heterocycles. The molecule has 0 aliphatic rings. The number of halogens is 1. The number of aliphatic hydroxyl groups is 1. The number of nitrogens with one attached hydrogen (secondary N) is 1. The minimum Gasteiger partial charge on any atom is -0.396 e. The lowest BCUT2D eigenvalue weighted by molar-refractivity contribution is -0.121. The third-order valence-corrected chi connectivity index (χ3v) is 1.46. The average molecular weight is 180 g/mol. The Morgan fingerprint density at radius 2 is 2.18 bits per heavy atom. The van der Waals surface area contributed by atoms with Crippen molar-refractivity contribution >= 4 is 17.5 Å². The average Bonchev–Trinajstić information content (AvgIpc) is 2.01. The number of hydrogen-bond acceptors (Lipinski definition) is 2. The monoisotopic (exact) mass is 179 g/mol. The number of aliphatic hydroxyl groups excluding tert-OH is 1. The molecule has 0 aromatic carbocycles. The van der Waals surface area contributed by atoms with Crippen molar-refractivity contribution in [2.45, 2.75) is 19.3 Å². The van der Waals surface area contributed by atoms with Gasteiger partial charge in [0.2, 0.25) is 5.91 Å². The molecule has 2 N–H and O–H groups in total. The van der Waals surface area contributed by atoms with Crippen LogP contribution in [0.15, 0.2) is 0 Å². The lowest BCUT2D eigenvalue weighted by atomic mass is 10.3. The van der Waals surface area contributed by atoms with Gasteiger partial charge in [-0.3, -0.25) is 4.79 Å². The van der Waals surface area contributed by atoms with Crippen LogP contribution in [0.3, 0.4) is 0 Å². The molecule has 4 heteroatoms. The van der Waals surface area contributed by atoms with Crippen molar-refractivity contribution in [1.29, 1.82) is 0 Å². The Bertz CT molecular complexity index is 109. The van der Waals surface area contributed by atoms with Crippen LogP contribution in [0.25, 0.3) is 0 Å². The van der Waals surface area contributed by atoms with Crippen LogP contribution in [0.5, 0.6) is 0 Å². The minimum absolute atomic E-state index is 0.0131. The fraction of sp³-hybridized carbons (Fsp3) is 0.857. The number of rotatable bonds is 6. The van der Waals surface area contributed by atoms with Gasteiger partial charge < -0.3 is 10.4 Å². The van der Waals surface area contributed by atoms with Gasteiger partial charge in [0.25, 0.3) is 0 Å². The van der Waals surface area contributed by atoms with Gasteiger partial charge in [0, 0.05) is 25.5 Å². The smallest absolute Gasteiger partial charge is 0.220 e. The number of hydrogen-bond donors (Lipinski definition) is 2. The largest absolute Gasteiger partial charge is 0.396 e. The van der Waals surface area contributed by atoms with Crippen molar-refractivity contribution in [1.82, 2.24) is 5.32 Å². The highest BCUT2D eigenvalue weighted by Crippen LogP contribution is 1.90. The van der Waals surface area contributed by atoms with Crippen molar-refractivity contribution < 1.29 is 9.90 Å². The third-order valence-electron chi connectivity index (χ3n) is 1.19. The van der Waals surface area contributed by atoms with Gasteiger partial charge in [-0.05, 0) is 12.8 Å². The Balaban J connectivity index is 3.09. The quantitative estimate of drug-likeness (QED) is 0.461. The van der Waals surface area contributed by atoms with E-state index < -0.39 is 0 Å². The van der Waals surface area contributed by atoms with Crippen LogP contribution < -0.4 is 5.32 Å². The summed E-state index contributed by atoms with van der Waals surface area (Å²) in [5.41, 5.74) is 0. The predicted octanol–water partition coefficient (Wildman–Crippen LogP) is 0.504. The Morgan fingerprint density at radius 3 is 2.73 bits per heavy atom. The molecular formula is C7H14ClNO2. The molecule has 0 aliphatic carbocycles. The first-order valence-corrected chi connectivity index (χ1v) is 4.28. The molecule has 0 unspecified atom stereocenters. The molecule has 0 saturated heterocycles. The van der Waals surface area contributed by atoms with Gasteiger partial charge in [-0.1, -0.05) is 0 Å². The summed E-state index contributed by atoms with van der Waals surface area (Å²) in [5.74, 6) is 0.534. The zero-order valence-electron chi connectivity index (χ0n) is 6.48. The summed E-state index contributed by atoms with van der Waals surface area (Å²) >= 11 is 5.39. The molecule has 3 nitrogen and oxygen atoms in total. The summed E-state index contributed by atoms with van der Waals surface area (Å²) < 4.78 is 0. The van der Waals surface area contributed by atoms with E-state index in [1.54, 1.807) is 0 Å². The number of carbonyl (C=O) groups excluding carboxylic acids is 1. The summed E-state index contributed by atoms with van der Waals surface area (Å²) in [6, 6.07) is 0. The van der Waals surface area contributed by atoms with Gasteiger partial charge in [-0.25, -0.2) is 0 Å². The normalized spacial score (nSPS) is 9.64. The lowest BCUT2D eigenvalue weighted by Gasteiger charge is -2.01. The molecule has 11 heavy (non-hydrogen) atoms. The lowest BCUT2D eigenvalue weighted by Crippen LogP contribution is -2.24. The van der Waals surface area contributed by atoms with Gasteiger partial charge >= 0.3 is 0 Å². The first-order valence-electron chi connectivity index (χ1n) is 3.74. The second-order valence-electron chi connectivity index (χ2n) is 2.22. The van der Waals surface area contributed by atoms with Crippen molar-refractivity contribution in [2.24, 2.45) is 0 Å². The van der Waals surface area contributed by atoms with Crippen LogP contribution in [0.1, 0.15) is 19.3 Å². The Hall–Kier alpha value is -0.280. The van der Waals surface area contributed by atoms with Crippen LogP contribution in [0.4, 0.5) is 0 Å². The summed E-state index contributed by atoms with van der Waals surface area (Å²) in [4.78, 5) is 10.8. The van der Waals surface area contributed by atoms with Gasteiger partial charge in [0.15, 0.2) is 0 Å². The number of amides is 1. The SMILES string of the molecule is O=C(CCCCl)NCCCO. The first kappa shape index (κ1) is 10.7. The van der Waals surface area contributed by atoms with Crippen LogP contribution in [-0.4, -0.2) is 30.0 Å². The maximum atomic E-state index is 10.8. The summed E-state index contributed by atoms with van der Waals surface area (Å²) in [5, 5.41) is 11.0. The zero-order valence-corrected chi connectivity index (χ0v) is 7.23.